The van der Waals surface area contributed by atoms with E-state index in [1.807, 2.05) is 6.07 Å². The van der Waals surface area contributed by atoms with Gasteiger partial charge in [0.15, 0.2) is 15.5 Å². The van der Waals surface area contributed by atoms with Crippen LogP contribution in [0, 0.1) is 11.3 Å². The largest absolute Gasteiger partial charge is 0.303 e. The molecule has 29 heavy (non-hydrogen) atoms. The summed E-state index contributed by atoms with van der Waals surface area (Å²) in [7, 11) is -2.76. The molecule has 1 spiro atoms. The maximum absolute atomic E-state index is 15.2. The number of alkyl halides is 1. The number of nitrogens with zero attached hydrogens (tertiary/aromatic N) is 2. The van der Waals surface area contributed by atoms with Crippen molar-refractivity contribution in [2.45, 2.75) is 45.7 Å². The van der Waals surface area contributed by atoms with Crippen molar-refractivity contribution in [1.29, 1.82) is 0 Å². The van der Waals surface area contributed by atoms with Crippen molar-refractivity contribution in [2.75, 3.05) is 31.1 Å². The number of sulfone groups is 1. The molecule has 0 amide bonds. The highest BCUT2D eigenvalue weighted by atomic mass is 32.2. The second-order valence-electron chi connectivity index (χ2n) is 9.19. The predicted molar refractivity (Wildman–Crippen MR) is 116 cm³/mol. The van der Waals surface area contributed by atoms with E-state index in [0.29, 0.717) is 28.7 Å². The molecule has 0 saturated carbocycles. The first-order chi connectivity index (χ1) is 13.6. The van der Waals surface area contributed by atoms with Gasteiger partial charge >= 0.3 is 0 Å². The minimum Gasteiger partial charge on any atom is -0.303 e. The Bertz CT molecular complexity index is 857. The molecule has 2 aliphatic rings. The van der Waals surface area contributed by atoms with Gasteiger partial charge in [-0.2, -0.15) is 0 Å². The average molecular weight is 421 g/mol. The Morgan fingerprint density at radius 2 is 2.03 bits per heavy atom. The summed E-state index contributed by atoms with van der Waals surface area (Å²) < 4.78 is 38.3. The van der Waals surface area contributed by atoms with E-state index in [0.717, 1.165) is 44.5 Å². The number of allylic oxidation sites excluding steroid dienone is 3. The maximum Gasteiger partial charge on any atom is 0.191 e. The van der Waals surface area contributed by atoms with Crippen LogP contribution in [0.4, 0.5) is 4.39 Å². The van der Waals surface area contributed by atoms with Crippen molar-refractivity contribution in [3.63, 3.8) is 0 Å². The minimum atomic E-state index is -2.76. The highest BCUT2D eigenvalue weighted by molar-refractivity contribution is 7.92. The first-order valence-corrected chi connectivity index (χ1v) is 12.3. The molecule has 1 unspecified atom stereocenters. The van der Waals surface area contributed by atoms with Gasteiger partial charge < -0.3 is 4.90 Å². The smallest absolute Gasteiger partial charge is 0.191 e. The fourth-order valence-electron chi connectivity index (χ4n) is 4.73. The molecule has 1 aromatic heterocycles. The predicted octanol–water partition coefficient (Wildman–Crippen LogP) is 4.09. The average Bonchev–Trinajstić information content (AvgIpc) is 2.62. The molecule has 2 aliphatic heterocycles. The number of likely N-dealkylation sites (tertiary alicyclic amines) is 1. The van der Waals surface area contributed by atoms with Crippen molar-refractivity contribution in [2.24, 2.45) is 11.3 Å². The summed E-state index contributed by atoms with van der Waals surface area (Å²) in [5.74, 6) is 1.22. The molecular formula is C23H33FN2O2S. The lowest BCUT2D eigenvalue weighted by Gasteiger charge is -2.47. The summed E-state index contributed by atoms with van der Waals surface area (Å²) in [6, 6.07) is 3.72. The Kier molecular flexibility index (Phi) is 6.35. The van der Waals surface area contributed by atoms with E-state index in [4.69, 9.17) is 0 Å². The van der Waals surface area contributed by atoms with Crippen molar-refractivity contribution in [3.8, 4) is 0 Å². The first kappa shape index (κ1) is 22.2. The first-order valence-electron chi connectivity index (χ1n) is 10.4. The van der Waals surface area contributed by atoms with E-state index in [9.17, 15) is 8.42 Å². The standard InChI is InChI=1S/C23H33FN2O2S/c1-5-8-23(24,18(2)3)21-7-6-20(14-25-21)13-19(4)15-26-11-9-22(10-12-26)16-29(27,28)17-22/h5-8,14,19H,2,9-13,15-17H2,1,3-4H3/b8-5+/t19-,23?/m1/s1. The molecule has 0 radical (unpaired) electrons. The highest BCUT2D eigenvalue weighted by Crippen LogP contribution is 2.42. The van der Waals surface area contributed by atoms with Gasteiger partial charge in [-0.1, -0.05) is 25.6 Å². The number of piperidine rings is 1. The van der Waals surface area contributed by atoms with Crippen molar-refractivity contribution < 1.29 is 12.8 Å². The van der Waals surface area contributed by atoms with E-state index in [1.165, 1.54) is 6.08 Å². The zero-order valence-electron chi connectivity index (χ0n) is 17.8. The van der Waals surface area contributed by atoms with E-state index in [1.54, 1.807) is 32.2 Å². The molecule has 2 fully saturated rings. The second kappa shape index (κ2) is 8.31. The summed E-state index contributed by atoms with van der Waals surface area (Å²) in [6.45, 7) is 12.4. The fraction of sp³-hybridized carbons (Fsp3) is 0.609. The van der Waals surface area contributed by atoms with Crippen LogP contribution in [-0.2, 0) is 21.9 Å². The van der Waals surface area contributed by atoms with Gasteiger partial charge in [-0.3, -0.25) is 4.98 Å². The van der Waals surface area contributed by atoms with Gasteiger partial charge in [0, 0.05) is 18.2 Å². The van der Waals surface area contributed by atoms with Gasteiger partial charge in [0.05, 0.1) is 17.2 Å². The van der Waals surface area contributed by atoms with E-state index in [-0.39, 0.29) is 5.41 Å². The molecule has 4 nitrogen and oxygen atoms in total. The summed E-state index contributed by atoms with van der Waals surface area (Å²) in [5, 5.41) is 0. The zero-order chi connectivity index (χ0) is 21.3. The lowest BCUT2D eigenvalue weighted by Crippen LogP contribution is -2.55. The molecule has 0 N–H and O–H groups in total. The maximum atomic E-state index is 15.2. The number of rotatable bonds is 7. The van der Waals surface area contributed by atoms with Gasteiger partial charge in [-0.05, 0) is 75.4 Å². The van der Waals surface area contributed by atoms with Crippen LogP contribution >= 0.6 is 0 Å². The Morgan fingerprint density at radius 3 is 2.52 bits per heavy atom. The van der Waals surface area contributed by atoms with Crippen molar-refractivity contribution in [3.05, 3.63) is 53.9 Å². The van der Waals surface area contributed by atoms with Gasteiger partial charge in [0.2, 0.25) is 0 Å². The van der Waals surface area contributed by atoms with E-state index < -0.39 is 15.5 Å². The molecule has 0 aromatic carbocycles. The molecule has 3 heterocycles. The third-order valence-electron chi connectivity index (χ3n) is 6.34. The number of hydrogen-bond donors (Lipinski definition) is 0. The van der Waals surface area contributed by atoms with Gasteiger partial charge in [0.25, 0.3) is 0 Å². The summed E-state index contributed by atoms with van der Waals surface area (Å²) in [6.07, 6.45) is 7.82. The third-order valence-corrected chi connectivity index (χ3v) is 8.44. The lowest BCUT2D eigenvalue weighted by atomic mass is 9.81. The van der Waals surface area contributed by atoms with Crippen LogP contribution in [0.3, 0.4) is 0 Å². The molecule has 2 atom stereocenters. The Labute approximate surface area is 174 Å². The van der Waals surface area contributed by atoms with Crippen molar-refractivity contribution >= 4 is 9.84 Å². The highest BCUT2D eigenvalue weighted by Gasteiger charge is 2.49. The van der Waals surface area contributed by atoms with E-state index >= 15 is 4.39 Å². The number of pyridine rings is 1. The van der Waals surface area contributed by atoms with Gasteiger partial charge in [-0.25, -0.2) is 12.8 Å². The van der Waals surface area contributed by atoms with Crippen LogP contribution in [-0.4, -0.2) is 49.4 Å². The summed E-state index contributed by atoms with van der Waals surface area (Å²) in [5.41, 5.74) is 0.234. The monoisotopic (exact) mass is 420 g/mol. The summed E-state index contributed by atoms with van der Waals surface area (Å²) in [4.78, 5) is 6.83. The number of halogens is 1. The van der Waals surface area contributed by atoms with Crippen LogP contribution in [0.2, 0.25) is 0 Å². The fourth-order valence-corrected chi connectivity index (χ4v) is 7.09. The van der Waals surface area contributed by atoms with Crippen LogP contribution in [0.5, 0.6) is 0 Å². The lowest BCUT2D eigenvalue weighted by molar-refractivity contribution is 0.113. The number of aromatic nitrogens is 1. The molecule has 160 valence electrons. The second-order valence-corrected chi connectivity index (χ2v) is 11.3. The Hall–Kier alpha value is -1.53. The van der Waals surface area contributed by atoms with Crippen LogP contribution in [0.25, 0.3) is 0 Å². The molecule has 0 bridgehead atoms. The quantitative estimate of drug-likeness (QED) is 0.624. The third kappa shape index (κ3) is 4.97. The molecule has 6 heteroatoms. The topological polar surface area (TPSA) is 50.3 Å². The minimum absolute atomic E-state index is 0.0629. The molecular weight excluding hydrogens is 387 g/mol. The van der Waals surface area contributed by atoms with Gasteiger partial charge in [0.1, 0.15) is 0 Å². The Balaban J connectivity index is 1.52. The molecule has 2 saturated heterocycles. The van der Waals surface area contributed by atoms with Crippen LogP contribution in [0.15, 0.2) is 42.6 Å². The normalized spacial score (nSPS) is 24.1. The van der Waals surface area contributed by atoms with Crippen molar-refractivity contribution in [1.82, 2.24) is 9.88 Å². The SMILES string of the molecule is C=C(C)C(F)(/C=C/C)c1ccc(C[C@@H](C)CN2CCC3(CC2)CS(=O)(=O)C3)cn1. The number of hydrogen-bond acceptors (Lipinski definition) is 4. The van der Waals surface area contributed by atoms with Crippen LogP contribution in [0.1, 0.15) is 44.9 Å². The molecule has 3 rings (SSSR count). The molecule has 1 aromatic rings. The zero-order valence-corrected chi connectivity index (χ0v) is 18.6. The Morgan fingerprint density at radius 1 is 1.38 bits per heavy atom. The molecule has 0 aliphatic carbocycles. The van der Waals surface area contributed by atoms with E-state index in [2.05, 4.69) is 23.4 Å². The van der Waals surface area contributed by atoms with Crippen LogP contribution < -0.4 is 0 Å². The summed E-state index contributed by atoms with van der Waals surface area (Å²) >= 11 is 0. The van der Waals surface area contributed by atoms with Gasteiger partial charge in [-0.15, -0.1) is 0 Å².